The van der Waals surface area contributed by atoms with Gasteiger partial charge in [-0.05, 0) is 57.4 Å². The van der Waals surface area contributed by atoms with E-state index in [9.17, 15) is 9.59 Å². The number of fused-ring (bicyclic) bond motifs is 6. The highest BCUT2D eigenvalue weighted by Gasteiger charge is 2.76. The van der Waals surface area contributed by atoms with Gasteiger partial charge in [0.2, 0.25) is 5.91 Å². The number of carbonyl (C=O) groups is 2. The SMILES string of the molecule is CO[C@H]1c2c([nH]c3c4c(ccc23)OC(C)(C)C=C4)C(C)(C)[C@H]2C[C@]34CCCN3C(=O)[C@@]21NC4=O. The van der Waals surface area contributed by atoms with Crippen LogP contribution in [0.2, 0.25) is 0 Å². The molecule has 0 saturated carbocycles. The van der Waals surface area contributed by atoms with Crippen LogP contribution in [0.25, 0.3) is 17.0 Å². The van der Waals surface area contributed by atoms with Crippen molar-refractivity contribution in [2.45, 2.75) is 75.2 Å². The number of ether oxygens (including phenoxy) is 2. The number of amides is 2. The molecule has 1 aromatic carbocycles. The first kappa shape index (κ1) is 20.6. The summed E-state index contributed by atoms with van der Waals surface area (Å²) < 4.78 is 12.4. The van der Waals surface area contributed by atoms with E-state index in [1.807, 2.05) is 24.8 Å². The van der Waals surface area contributed by atoms with Crippen molar-refractivity contribution in [1.82, 2.24) is 15.2 Å². The van der Waals surface area contributed by atoms with Crippen molar-refractivity contribution < 1.29 is 19.1 Å². The number of aromatic nitrogens is 1. The summed E-state index contributed by atoms with van der Waals surface area (Å²) in [4.78, 5) is 33.3. The fraction of sp³-hybridized carbons (Fsp3) is 0.556. The molecule has 8 rings (SSSR count). The predicted molar refractivity (Wildman–Crippen MR) is 127 cm³/mol. The van der Waals surface area contributed by atoms with Crippen LogP contribution in [0.15, 0.2) is 18.2 Å². The first-order valence-electron chi connectivity index (χ1n) is 12.3. The summed E-state index contributed by atoms with van der Waals surface area (Å²) in [5.41, 5.74) is 1.50. The fourth-order valence-corrected chi connectivity index (χ4v) is 7.84. The number of hydrogen-bond donors (Lipinski definition) is 2. The third kappa shape index (κ3) is 2.06. The third-order valence-electron chi connectivity index (χ3n) is 9.39. The average Bonchev–Trinajstić information content (AvgIpc) is 3.38. The molecular weight excluding hydrogens is 430 g/mol. The summed E-state index contributed by atoms with van der Waals surface area (Å²) in [6.45, 7) is 9.14. The van der Waals surface area contributed by atoms with E-state index in [2.05, 4.69) is 42.4 Å². The molecule has 178 valence electrons. The van der Waals surface area contributed by atoms with Crippen LogP contribution >= 0.6 is 0 Å². The average molecular weight is 462 g/mol. The Hall–Kier alpha value is -2.80. The number of benzene rings is 1. The molecule has 0 radical (unpaired) electrons. The van der Waals surface area contributed by atoms with Gasteiger partial charge < -0.3 is 24.7 Å². The lowest BCUT2D eigenvalue weighted by Crippen LogP contribution is -2.85. The predicted octanol–water partition coefficient (Wildman–Crippen LogP) is 3.58. The van der Waals surface area contributed by atoms with Crippen LogP contribution < -0.4 is 10.1 Å². The maximum absolute atomic E-state index is 14.2. The molecule has 6 heterocycles. The summed E-state index contributed by atoms with van der Waals surface area (Å²) >= 11 is 0. The van der Waals surface area contributed by atoms with Gasteiger partial charge in [0.25, 0.3) is 5.91 Å². The lowest BCUT2D eigenvalue weighted by Gasteiger charge is -2.65. The molecule has 5 aliphatic heterocycles. The number of carbonyl (C=O) groups excluding carboxylic acids is 2. The van der Waals surface area contributed by atoms with Crippen LogP contribution in [0.5, 0.6) is 5.75 Å². The maximum Gasteiger partial charge on any atom is 0.252 e. The monoisotopic (exact) mass is 461 g/mol. The summed E-state index contributed by atoms with van der Waals surface area (Å²) in [7, 11) is 1.65. The molecule has 7 heteroatoms. The van der Waals surface area contributed by atoms with Gasteiger partial charge in [-0.25, -0.2) is 0 Å². The van der Waals surface area contributed by atoms with Crippen molar-refractivity contribution >= 4 is 28.8 Å². The highest BCUT2D eigenvalue weighted by molar-refractivity contribution is 6.07. The van der Waals surface area contributed by atoms with Crippen LogP contribution in [0.3, 0.4) is 0 Å². The molecule has 2 N–H and O–H groups in total. The third-order valence-corrected chi connectivity index (χ3v) is 9.39. The summed E-state index contributed by atoms with van der Waals surface area (Å²) in [5.74, 6) is 0.763. The van der Waals surface area contributed by atoms with Crippen molar-refractivity contribution in [3.63, 3.8) is 0 Å². The Balaban J connectivity index is 1.51. The highest BCUT2D eigenvalue weighted by Crippen LogP contribution is 2.63. The Kier molecular flexibility index (Phi) is 3.55. The lowest BCUT2D eigenvalue weighted by molar-refractivity contribution is -0.193. The normalized spacial score (nSPS) is 36.0. The fourth-order valence-electron chi connectivity index (χ4n) is 7.84. The number of aromatic amines is 1. The van der Waals surface area contributed by atoms with Gasteiger partial charge in [0, 0.05) is 47.2 Å². The van der Waals surface area contributed by atoms with Gasteiger partial charge in [-0.15, -0.1) is 0 Å². The molecule has 6 aliphatic rings. The minimum atomic E-state index is -1.10. The highest BCUT2D eigenvalue weighted by atomic mass is 16.5. The standard InChI is InChI=1S/C27H31N3O4/c1-24(2)11-9-14-16(34-24)8-7-15-18-20(28-19(14)15)25(3,4)17-13-26-10-6-12-30(26)23(32)27(17,21(18)33-5)29-22(26)31/h7-9,11,17,21,28H,6,10,12-13H2,1-5H3,(H,29,31)/t17-,21+,26+,27-/m1/s1. The number of nitrogens with one attached hydrogen (secondary N) is 2. The zero-order chi connectivity index (χ0) is 23.8. The van der Waals surface area contributed by atoms with Crippen LogP contribution in [0, 0.1) is 5.92 Å². The number of nitrogens with zero attached hydrogens (tertiary/aromatic N) is 1. The molecule has 34 heavy (non-hydrogen) atoms. The minimum Gasteiger partial charge on any atom is -0.483 e. The Bertz CT molecular complexity index is 1340. The number of methoxy groups -OCH3 is 1. The molecule has 7 nitrogen and oxygen atoms in total. The van der Waals surface area contributed by atoms with Crippen LogP contribution in [-0.2, 0) is 19.7 Å². The van der Waals surface area contributed by atoms with E-state index in [1.54, 1.807) is 7.11 Å². The summed E-state index contributed by atoms with van der Waals surface area (Å²) in [5, 5.41) is 4.27. The van der Waals surface area contributed by atoms with Gasteiger partial charge in [0.05, 0.1) is 5.52 Å². The molecule has 1 aliphatic carbocycles. The van der Waals surface area contributed by atoms with Gasteiger partial charge in [-0.3, -0.25) is 9.59 Å². The molecule has 2 spiro atoms. The summed E-state index contributed by atoms with van der Waals surface area (Å²) in [6.07, 6.45) is 5.88. The van der Waals surface area contributed by atoms with E-state index in [4.69, 9.17) is 9.47 Å². The number of piperazine rings is 1. The Morgan fingerprint density at radius 2 is 1.97 bits per heavy atom. The van der Waals surface area contributed by atoms with Crippen molar-refractivity contribution in [2.75, 3.05) is 13.7 Å². The molecule has 2 aromatic rings. The van der Waals surface area contributed by atoms with E-state index in [0.29, 0.717) is 13.0 Å². The Labute approximate surface area is 198 Å². The van der Waals surface area contributed by atoms with E-state index in [-0.39, 0.29) is 28.7 Å². The van der Waals surface area contributed by atoms with Gasteiger partial charge >= 0.3 is 0 Å². The minimum absolute atomic E-state index is 0.0158. The topological polar surface area (TPSA) is 83.7 Å². The zero-order valence-electron chi connectivity index (χ0n) is 20.4. The second kappa shape index (κ2) is 5.88. The van der Waals surface area contributed by atoms with Crippen molar-refractivity contribution in [2.24, 2.45) is 5.92 Å². The van der Waals surface area contributed by atoms with Gasteiger partial charge in [-0.1, -0.05) is 13.8 Å². The van der Waals surface area contributed by atoms with Crippen LogP contribution in [0.4, 0.5) is 0 Å². The first-order valence-corrected chi connectivity index (χ1v) is 12.3. The zero-order valence-corrected chi connectivity index (χ0v) is 20.4. The van der Waals surface area contributed by atoms with E-state index in [0.717, 1.165) is 46.3 Å². The van der Waals surface area contributed by atoms with Gasteiger partial charge in [0.15, 0.2) is 5.54 Å². The molecule has 1 aromatic heterocycles. The van der Waals surface area contributed by atoms with E-state index < -0.39 is 17.2 Å². The largest absolute Gasteiger partial charge is 0.483 e. The van der Waals surface area contributed by atoms with Crippen LogP contribution in [0.1, 0.15) is 69.9 Å². The number of hydrogen-bond acceptors (Lipinski definition) is 4. The second-order valence-electron chi connectivity index (χ2n) is 11.9. The van der Waals surface area contributed by atoms with E-state index in [1.165, 1.54) is 0 Å². The second-order valence-corrected chi connectivity index (χ2v) is 11.9. The quantitative estimate of drug-likeness (QED) is 0.680. The van der Waals surface area contributed by atoms with Crippen LogP contribution in [-0.4, -0.2) is 52.0 Å². The lowest BCUT2D eigenvalue weighted by atomic mass is 9.50. The van der Waals surface area contributed by atoms with Crippen molar-refractivity contribution in [1.29, 1.82) is 0 Å². The van der Waals surface area contributed by atoms with Gasteiger partial charge in [0.1, 0.15) is 23.0 Å². The van der Waals surface area contributed by atoms with Crippen molar-refractivity contribution in [3.05, 3.63) is 35.0 Å². The maximum atomic E-state index is 14.2. The van der Waals surface area contributed by atoms with Crippen molar-refractivity contribution in [3.8, 4) is 5.75 Å². The number of rotatable bonds is 1. The van der Waals surface area contributed by atoms with Gasteiger partial charge in [-0.2, -0.15) is 0 Å². The summed E-state index contributed by atoms with van der Waals surface area (Å²) in [6, 6.07) is 4.07. The molecule has 4 atom stereocenters. The molecule has 2 bridgehead atoms. The molecule has 4 fully saturated rings. The Morgan fingerprint density at radius 3 is 2.74 bits per heavy atom. The molecule has 0 unspecified atom stereocenters. The number of H-pyrrole nitrogens is 1. The smallest absolute Gasteiger partial charge is 0.252 e. The molecule has 2 amide bonds. The Morgan fingerprint density at radius 1 is 1.18 bits per heavy atom. The first-order chi connectivity index (χ1) is 16.1. The number of piperidine rings is 2. The molecular formula is C27H31N3O4. The van der Waals surface area contributed by atoms with E-state index >= 15 is 0 Å². The molecule has 4 saturated heterocycles.